The number of aryl methyl sites for hydroxylation is 1. The number of aliphatic carboxylic acids is 1. The van der Waals surface area contributed by atoms with Crippen LogP contribution in [0.4, 0.5) is 0 Å². The van der Waals surface area contributed by atoms with Crippen LogP contribution in [0.3, 0.4) is 0 Å². The molecule has 0 aliphatic heterocycles. The van der Waals surface area contributed by atoms with Crippen LogP contribution in [0.15, 0.2) is 12.3 Å². The molecule has 0 saturated heterocycles. The number of pyridine rings is 1. The van der Waals surface area contributed by atoms with Gasteiger partial charge in [-0.15, -0.1) is 0 Å². The van der Waals surface area contributed by atoms with Gasteiger partial charge in [-0.1, -0.05) is 18.5 Å². The monoisotopic (exact) mass is 253 g/mol. The molecule has 0 radical (unpaired) electrons. The predicted octanol–water partition coefficient (Wildman–Crippen LogP) is 2.12. The molecule has 2 rings (SSSR count). The zero-order valence-corrected chi connectivity index (χ0v) is 10.1. The zero-order valence-electron chi connectivity index (χ0n) is 9.35. The van der Waals surface area contributed by atoms with Crippen molar-refractivity contribution >= 4 is 28.7 Å². The second-order valence-corrected chi connectivity index (χ2v) is 4.19. The standard InChI is InChI=1S/C11H12ClN3O2/c1-2-3-9-14-8-4-7(12)5-13-11(8)15(9)6-10(16)17/h4-5H,2-3,6H2,1H3,(H,16,17). The fraction of sp³-hybridized carbons (Fsp3) is 0.364. The molecule has 0 spiro atoms. The fourth-order valence-electron chi connectivity index (χ4n) is 1.75. The summed E-state index contributed by atoms with van der Waals surface area (Å²) in [7, 11) is 0. The highest BCUT2D eigenvalue weighted by Gasteiger charge is 2.13. The Bertz CT molecular complexity index is 565. The largest absolute Gasteiger partial charge is 0.480 e. The highest BCUT2D eigenvalue weighted by molar-refractivity contribution is 6.31. The minimum Gasteiger partial charge on any atom is -0.480 e. The molecule has 17 heavy (non-hydrogen) atoms. The number of fused-ring (bicyclic) bond motifs is 1. The lowest BCUT2D eigenvalue weighted by molar-refractivity contribution is -0.137. The van der Waals surface area contributed by atoms with E-state index in [1.54, 1.807) is 10.6 Å². The van der Waals surface area contributed by atoms with Crippen molar-refractivity contribution in [1.82, 2.24) is 14.5 Å². The van der Waals surface area contributed by atoms with E-state index in [1.165, 1.54) is 6.20 Å². The Labute approximate surface area is 103 Å². The van der Waals surface area contributed by atoms with Gasteiger partial charge in [0.15, 0.2) is 5.65 Å². The molecule has 90 valence electrons. The molecule has 0 aliphatic carbocycles. The predicted molar refractivity (Wildman–Crippen MR) is 64.2 cm³/mol. The number of hydrogen-bond acceptors (Lipinski definition) is 3. The van der Waals surface area contributed by atoms with Gasteiger partial charge in [0, 0.05) is 12.6 Å². The van der Waals surface area contributed by atoms with E-state index in [1.807, 2.05) is 6.92 Å². The number of rotatable bonds is 4. The molecule has 0 aromatic carbocycles. The normalized spacial score (nSPS) is 10.9. The van der Waals surface area contributed by atoms with E-state index in [2.05, 4.69) is 9.97 Å². The van der Waals surface area contributed by atoms with Gasteiger partial charge < -0.3 is 9.67 Å². The van der Waals surface area contributed by atoms with Crippen LogP contribution in [-0.2, 0) is 17.8 Å². The summed E-state index contributed by atoms with van der Waals surface area (Å²) < 4.78 is 1.62. The first kappa shape index (κ1) is 11.9. The Morgan fingerprint density at radius 2 is 2.35 bits per heavy atom. The lowest BCUT2D eigenvalue weighted by Gasteiger charge is -2.03. The third-order valence-electron chi connectivity index (χ3n) is 2.40. The number of carboxylic acids is 1. The summed E-state index contributed by atoms with van der Waals surface area (Å²) in [5.74, 6) is -0.168. The maximum absolute atomic E-state index is 10.8. The highest BCUT2D eigenvalue weighted by atomic mass is 35.5. The maximum atomic E-state index is 10.8. The number of carbonyl (C=O) groups is 1. The molecule has 6 heteroatoms. The molecule has 0 amide bonds. The highest BCUT2D eigenvalue weighted by Crippen LogP contribution is 2.18. The second-order valence-electron chi connectivity index (χ2n) is 3.75. The van der Waals surface area contributed by atoms with Crippen LogP contribution in [0.2, 0.25) is 5.02 Å². The van der Waals surface area contributed by atoms with Gasteiger partial charge in [-0.05, 0) is 12.5 Å². The first-order valence-corrected chi connectivity index (χ1v) is 5.72. The minimum absolute atomic E-state index is 0.125. The van der Waals surface area contributed by atoms with Gasteiger partial charge in [0.2, 0.25) is 0 Å². The van der Waals surface area contributed by atoms with E-state index in [-0.39, 0.29) is 6.54 Å². The summed E-state index contributed by atoms with van der Waals surface area (Å²) in [5.41, 5.74) is 1.21. The fourth-order valence-corrected chi connectivity index (χ4v) is 1.90. The van der Waals surface area contributed by atoms with Crippen LogP contribution >= 0.6 is 11.6 Å². The SMILES string of the molecule is CCCc1nc2cc(Cl)cnc2n1CC(=O)O. The van der Waals surface area contributed by atoms with E-state index >= 15 is 0 Å². The Balaban J connectivity index is 2.57. The molecule has 5 nitrogen and oxygen atoms in total. The number of aromatic nitrogens is 3. The summed E-state index contributed by atoms with van der Waals surface area (Å²) in [4.78, 5) is 19.3. The summed E-state index contributed by atoms with van der Waals surface area (Å²) in [6, 6.07) is 1.70. The van der Waals surface area contributed by atoms with Crippen LogP contribution in [0, 0.1) is 0 Å². The van der Waals surface area contributed by atoms with Crippen LogP contribution in [-0.4, -0.2) is 25.6 Å². The van der Waals surface area contributed by atoms with Crippen molar-refractivity contribution < 1.29 is 9.90 Å². The van der Waals surface area contributed by atoms with Crippen LogP contribution in [0.1, 0.15) is 19.2 Å². The van der Waals surface area contributed by atoms with Gasteiger partial charge in [0.05, 0.1) is 5.02 Å². The molecule has 1 N–H and O–H groups in total. The quantitative estimate of drug-likeness (QED) is 0.906. The molecule has 0 unspecified atom stereocenters. The Morgan fingerprint density at radius 1 is 1.59 bits per heavy atom. The van der Waals surface area contributed by atoms with Crippen LogP contribution in [0.5, 0.6) is 0 Å². The first-order chi connectivity index (χ1) is 8.11. The smallest absolute Gasteiger partial charge is 0.323 e. The number of imidazole rings is 1. The molecule has 2 aromatic rings. The summed E-state index contributed by atoms with van der Waals surface area (Å²) in [5, 5.41) is 9.39. The zero-order chi connectivity index (χ0) is 12.4. The van der Waals surface area contributed by atoms with Crippen molar-refractivity contribution in [1.29, 1.82) is 0 Å². The summed E-state index contributed by atoms with van der Waals surface area (Å²) in [6.45, 7) is 1.89. The van der Waals surface area contributed by atoms with Crippen molar-refractivity contribution in [2.75, 3.05) is 0 Å². The van der Waals surface area contributed by atoms with E-state index < -0.39 is 5.97 Å². The second kappa shape index (κ2) is 4.71. The molecule has 2 heterocycles. The summed E-state index contributed by atoms with van der Waals surface area (Å²) in [6.07, 6.45) is 3.12. The Kier molecular flexibility index (Phi) is 3.28. The van der Waals surface area contributed by atoms with Gasteiger partial charge >= 0.3 is 5.97 Å². The number of halogens is 1. The average molecular weight is 254 g/mol. The molecule has 0 aliphatic rings. The molecule has 0 saturated carbocycles. The Morgan fingerprint density at radius 3 is 3.00 bits per heavy atom. The average Bonchev–Trinajstić information content (AvgIpc) is 2.56. The molecule has 0 atom stereocenters. The molecular weight excluding hydrogens is 242 g/mol. The molecule has 2 aromatic heterocycles. The lowest BCUT2D eigenvalue weighted by Crippen LogP contribution is -2.12. The molecule has 0 fully saturated rings. The van der Waals surface area contributed by atoms with Gasteiger partial charge in [-0.2, -0.15) is 0 Å². The molecular formula is C11H12ClN3O2. The third-order valence-corrected chi connectivity index (χ3v) is 2.60. The number of nitrogens with zero attached hydrogens (tertiary/aromatic N) is 3. The Hall–Kier alpha value is -1.62. The lowest BCUT2D eigenvalue weighted by atomic mass is 10.3. The van der Waals surface area contributed by atoms with Crippen molar-refractivity contribution in [2.45, 2.75) is 26.3 Å². The van der Waals surface area contributed by atoms with Gasteiger partial charge in [0.1, 0.15) is 17.9 Å². The maximum Gasteiger partial charge on any atom is 0.323 e. The van der Waals surface area contributed by atoms with E-state index in [0.717, 1.165) is 18.7 Å². The number of carboxylic acid groups (broad SMARTS) is 1. The van der Waals surface area contributed by atoms with E-state index in [4.69, 9.17) is 16.7 Å². The first-order valence-electron chi connectivity index (χ1n) is 5.34. The van der Waals surface area contributed by atoms with Crippen LogP contribution in [0.25, 0.3) is 11.2 Å². The van der Waals surface area contributed by atoms with E-state index in [0.29, 0.717) is 16.2 Å². The van der Waals surface area contributed by atoms with Crippen molar-refractivity contribution in [3.63, 3.8) is 0 Å². The van der Waals surface area contributed by atoms with Gasteiger partial charge in [0.25, 0.3) is 0 Å². The number of hydrogen-bond donors (Lipinski definition) is 1. The van der Waals surface area contributed by atoms with Crippen molar-refractivity contribution in [3.8, 4) is 0 Å². The van der Waals surface area contributed by atoms with Gasteiger partial charge in [-0.3, -0.25) is 4.79 Å². The van der Waals surface area contributed by atoms with E-state index in [9.17, 15) is 4.79 Å². The minimum atomic E-state index is -0.904. The topological polar surface area (TPSA) is 68.0 Å². The van der Waals surface area contributed by atoms with Crippen LogP contribution < -0.4 is 0 Å². The molecule has 0 bridgehead atoms. The van der Waals surface area contributed by atoms with Gasteiger partial charge in [-0.25, -0.2) is 9.97 Å². The van der Waals surface area contributed by atoms with Crippen molar-refractivity contribution in [2.24, 2.45) is 0 Å². The van der Waals surface area contributed by atoms with Crippen molar-refractivity contribution in [3.05, 3.63) is 23.1 Å². The third kappa shape index (κ3) is 2.39. The summed E-state index contributed by atoms with van der Waals surface area (Å²) >= 11 is 5.83.